The van der Waals surface area contributed by atoms with Crippen molar-refractivity contribution < 1.29 is 0 Å². The van der Waals surface area contributed by atoms with Gasteiger partial charge < -0.3 is 10.2 Å². The highest BCUT2D eigenvalue weighted by Gasteiger charge is 2.18. The average Bonchev–Trinajstić information content (AvgIpc) is 2.04. The molecule has 1 N–H and O–H groups in total. The molecule has 1 aliphatic heterocycles. The molecule has 0 aliphatic carbocycles. The molecule has 0 spiro atoms. The third kappa shape index (κ3) is 3.65. The van der Waals surface area contributed by atoms with E-state index < -0.39 is 0 Å². The van der Waals surface area contributed by atoms with Crippen molar-refractivity contribution in [3.63, 3.8) is 0 Å². The van der Waals surface area contributed by atoms with Crippen LogP contribution in [0.25, 0.3) is 0 Å². The van der Waals surface area contributed by atoms with Crippen LogP contribution in [0.5, 0.6) is 0 Å². The highest BCUT2D eigenvalue weighted by atomic mass is 15.2. The van der Waals surface area contributed by atoms with Crippen LogP contribution in [0.1, 0.15) is 27.7 Å². The number of rotatable bonds is 3. The molecular formula is C11H24N2. The molecule has 0 bridgehead atoms. The molecule has 1 aliphatic rings. The lowest BCUT2D eigenvalue weighted by molar-refractivity contribution is 0.167. The van der Waals surface area contributed by atoms with Crippen molar-refractivity contribution in [2.24, 2.45) is 11.8 Å². The summed E-state index contributed by atoms with van der Waals surface area (Å²) in [5, 5.41) is 3.47. The summed E-state index contributed by atoms with van der Waals surface area (Å²) in [6.07, 6.45) is 0. The molecule has 1 fully saturated rings. The van der Waals surface area contributed by atoms with Crippen molar-refractivity contribution in [1.82, 2.24) is 10.2 Å². The second-order valence-electron chi connectivity index (χ2n) is 4.84. The molecule has 0 amide bonds. The second kappa shape index (κ2) is 4.97. The molecule has 1 heterocycles. The van der Waals surface area contributed by atoms with Gasteiger partial charge in [0.25, 0.3) is 0 Å². The molecule has 2 unspecified atom stereocenters. The smallest absolute Gasteiger partial charge is 0.0167 e. The maximum absolute atomic E-state index is 3.47. The fourth-order valence-electron chi connectivity index (χ4n) is 1.80. The van der Waals surface area contributed by atoms with Gasteiger partial charge in [0, 0.05) is 32.2 Å². The van der Waals surface area contributed by atoms with E-state index >= 15 is 0 Å². The maximum atomic E-state index is 3.47. The molecule has 13 heavy (non-hydrogen) atoms. The summed E-state index contributed by atoms with van der Waals surface area (Å²) in [7, 11) is 0. The molecular weight excluding hydrogens is 160 g/mol. The molecule has 0 aromatic carbocycles. The summed E-state index contributed by atoms with van der Waals surface area (Å²) >= 11 is 0. The number of hydrogen-bond donors (Lipinski definition) is 1. The molecule has 2 nitrogen and oxygen atoms in total. The minimum absolute atomic E-state index is 0.674. The van der Waals surface area contributed by atoms with E-state index in [9.17, 15) is 0 Å². The Labute approximate surface area is 82.7 Å². The van der Waals surface area contributed by atoms with E-state index in [1.807, 2.05) is 0 Å². The maximum Gasteiger partial charge on any atom is 0.0167 e. The van der Waals surface area contributed by atoms with Crippen molar-refractivity contribution in [2.45, 2.75) is 33.7 Å². The lowest BCUT2D eigenvalue weighted by Gasteiger charge is -2.34. The Morgan fingerprint density at radius 2 is 2.08 bits per heavy atom. The minimum Gasteiger partial charge on any atom is -0.312 e. The van der Waals surface area contributed by atoms with Crippen LogP contribution in [-0.4, -0.2) is 37.1 Å². The second-order valence-corrected chi connectivity index (χ2v) is 4.84. The number of hydrogen-bond acceptors (Lipinski definition) is 2. The summed E-state index contributed by atoms with van der Waals surface area (Å²) in [5.74, 6) is 1.63. The van der Waals surface area contributed by atoms with E-state index in [1.165, 1.54) is 19.6 Å². The van der Waals surface area contributed by atoms with Crippen molar-refractivity contribution in [3.8, 4) is 0 Å². The Bertz CT molecular complexity index is 145. The van der Waals surface area contributed by atoms with E-state index in [0.717, 1.165) is 18.4 Å². The Balaban J connectivity index is 2.27. The average molecular weight is 184 g/mol. The quantitative estimate of drug-likeness (QED) is 0.716. The molecule has 0 aromatic heterocycles. The van der Waals surface area contributed by atoms with E-state index in [2.05, 4.69) is 37.9 Å². The normalized spacial score (nSPS) is 27.9. The highest BCUT2D eigenvalue weighted by Crippen LogP contribution is 2.12. The molecule has 0 saturated carbocycles. The van der Waals surface area contributed by atoms with Crippen LogP contribution >= 0.6 is 0 Å². The van der Waals surface area contributed by atoms with Crippen molar-refractivity contribution in [3.05, 3.63) is 0 Å². The molecule has 0 radical (unpaired) electrons. The first-order valence-corrected chi connectivity index (χ1v) is 5.55. The van der Waals surface area contributed by atoms with Gasteiger partial charge in [0.15, 0.2) is 0 Å². The standard InChI is InChI=1S/C11H24N2/c1-9(2)10(3)7-13-6-5-12-11(4)8-13/h9-12H,5-8H2,1-4H3. The van der Waals surface area contributed by atoms with Crippen LogP contribution in [0.4, 0.5) is 0 Å². The fraction of sp³-hybridized carbons (Fsp3) is 1.00. The van der Waals surface area contributed by atoms with Gasteiger partial charge in [-0.3, -0.25) is 0 Å². The Hall–Kier alpha value is -0.0800. The first-order chi connectivity index (χ1) is 6.09. The van der Waals surface area contributed by atoms with Gasteiger partial charge in [0.2, 0.25) is 0 Å². The largest absolute Gasteiger partial charge is 0.312 e. The van der Waals surface area contributed by atoms with Crippen LogP contribution in [0.3, 0.4) is 0 Å². The van der Waals surface area contributed by atoms with Gasteiger partial charge in [0.05, 0.1) is 0 Å². The Morgan fingerprint density at radius 1 is 1.38 bits per heavy atom. The minimum atomic E-state index is 0.674. The van der Waals surface area contributed by atoms with Gasteiger partial charge >= 0.3 is 0 Å². The lowest BCUT2D eigenvalue weighted by Crippen LogP contribution is -2.50. The summed E-state index contributed by atoms with van der Waals surface area (Å²) in [4.78, 5) is 2.59. The van der Waals surface area contributed by atoms with Gasteiger partial charge in [-0.05, 0) is 18.8 Å². The van der Waals surface area contributed by atoms with E-state index in [-0.39, 0.29) is 0 Å². The van der Waals surface area contributed by atoms with Crippen LogP contribution in [0.2, 0.25) is 0 Å². The summed E-state index contributed by atoms with van der Waals surface area (Å²) in [5.41, 5.74) is 0. The molecule has 2 atom stereocenters. The van der Waals surface area contributed by atoms with Gasteiger partial charge in [-0.2, -0.15) is 0 Å². The highest BCUT2D eigenvalue weighted by molar-refractivity contribution is 4.76. The van der Waals surface area contributed by atoms with Crippen molar-refractivity contribution in [2.75, 3.05) is 26.2 Å². The van der Waals surface area contributed by atoms with Crippen LogP contribution < -0.4 is 5.32 Å². The third-order valence-electron chi connectivity index (χ3n) is 3.14. The van der Waals surface area contributed by atoms with E-state index in [4.69, 9.17) is 0 Å². The molecule has 1 saturated heterocycles. The Kier molecular flexibility index (Phi) is 4.20. The predicted molar refractivity (Wildman–Crippen MR) is 57.9 cm³/mol. The van der Waals surface area contributed by atoms with Gasteiger partial charge in [-0.15, -0.1) is 0 Å². The number of piperazine rings is 1. The molecule has 1 rings (SSSR count). The lowest BCUT2D eigenvalue weighted by atomic mass is 9.97. The summed E-state index contributed by atoms with van der Waals surface area (Å²) in [6.45, 7) is 14.1. The number of nitrogens with one attached hydrogen (secondary N) is 1. The zero-order valence-corrected chi connectivity index (χ0v) is 9.51. The van der Waals surface area contributed by atoms with Crippen molar-refractivity contribution >= 4 is 0 Å². The zero-order valence-electron chi connectivity index (χ0n) is 9.51. The van der Waals surface area contributed by atoms with Crippen LogP contribution in [-0.2, 0) is 0 Å². The van der Waals surface area contributed by atoms with Gasteiger partial charge in [0.1, 0.15) is 0 Å². The summed E-state index contributed by atoms with van der Waals surface area (Å²) in [6, 6.07) is 0.674. The van der Waals surface area contributed by atoms with Crippen LogP contribution in [0.15, 0.2) is 0 Å². The Morgan fingerprint density at radius 3 is 2.62 bits per heavy atom. The first-order valence-electron chi connectivity index (χ1n) is 5.55. The van der Waals surface area contributed by atoms with E-state index in [1.54, 1.807) is 0 Å². The van der Waals surface area contributed by atoms with Crippen molar-refractivity contribution in [1.29, 1.82) is 0 Å². The predicted octanol–water partition coefficient (Wildman–Crippen LogP) is 1.57. The van der Waals surface area contributed by atoms with Gasteiger partial charge in [-0.25, -0.2) is 0 Å². The SMILES string of the molecule is CC1CN(CC(C)C(C)C)CCN1. The van der Waals surface area contributed by atoms with E-state index in [0.29, 0.717) is 6.04 Å². The first kappa shape index (κ1) is 11.0. The fourth-order valence-corrected chi connectivity index (χ4v) is 1.80. The monoisotopic (exact) mass is 184 g/mol. The summed E-state index contributed by atoms with van der Waals surface area (Å²) < 4.78 is 0. The number of nitrogens with zero attached hydrogens (tertiary/aromatic N) is 1. The zero-order chi connectivity index (χ0) is 9.84. The van der Waals surface area contributed by atoms with Crippen LogP contribution in [0, 0.1) is 11.8 Å². The third-order valence-corrected chi connectivity index (χ3v) is 3.14. The van der Waals surface area contributed by atoms with Gasteiger partial charge in [-0.1, -0.05) is 20.8 Å². The molecule has 78 valence electrons. The topological polar surface area (TPSA) is 15.3 Å². The molecule has 2 heteroatoms. The molecule has 0 aromatic rings.